The van der Waals surface area contributed by atoms with Crippen molar-refractivity contribution >= 4 is 11.8 Å². The van der Waals surface area contributed by atoms with E-state index in [9.17, 15) is 9.59 Å². The van der Waals surface area contributed by atoms with E-state index in [2.05, 4.69) is 34.6 Å². The van der Waals surface area contributed by atoms with Crippen LogP contribution in [0.25, 0.3) is 0 Å². The third-order valence-electron chi connectivity index (χ3n) is 6.99. The highest BCUT2D eigenvalue weighted by Gasteiger charge is 2.59. The second-order valence-electron chi connectivity index (χ2n) is 9.38. The molecule has 1 aliphatic carbocycles. The number of rotatable bonds is 5. The van der Waals surface area contributed by atoms with Gasteiger partial charge in [-0.15, -0.1) is 0 Å². The van der Waals surface area contributed by atoms with Gasteiger partial charge >= 0.3 is 0 Å². The van der Waals surface area contributed by atoms with Crippen LogP contribution >= 0.6 is 0 Å². The molecule has 0 N–H and O–H groups in total. The van der Waals surface area contributed by atoms with Gasteiger partial charge in [-0.2, -0.15) is 0 Å². The Labute approximate surface area is 177 Å². The standard InChI is InChI=1S/C23H29N5O2/c1-16(2)28-13-20(25-15-28)19-12-27(21(29)18-5-6-18)14-23(19)7-9-26(22(23)30)11-17-4-3-8-24-10-17/h3-4,8,10,13,15-16,18-19H,5-7,9,11-12,14H2,1-2H3/t19-,23+/m1/s1. The predicted octanol–water partition coefficient (Wildman–Crippen LogP) is 2.61. The molecule has 0 radical (unpaired) electrons. The molecule has 0 aromatic carbocycles. The lowest BCUT2D eigenvalue weighted by Gasteiger charge is -2.28. The van der Waals surface area contributed by atoms with Crippen LogP contribution in [0, 0.1) is 11.3 Å². The van der Waals surface area contributed by atoms with E-state index in [0.29, 0.717) is 32.2 Å². The highest BCUT2D eigenvalue weighted by Crippen LogP contribution is 2.51. The molecule has 2 aliphatic heterocycles. The van der Waals surface area contributed by atoms with Gasteiger partial charge in [-0.25, -0.2) is 4.98 Å². The van der Waals surface area contributed by atoms with Crippen LogP contribution in [0.4, 0.5) is 0 Å². The summed E-state index contributed by atoms with van der Waals surface area (Å²) >= 11 is 0. The molecule has 158 valence electrons. The molecule has 1 spiro atoms. The lowest BCUT2D eigenvalue weighted by molar-refractivity contribution is -0.137. The van der Waals surface area contributed by atoms with Crippen molar-refractivity contribution in [1.29, 1.82) is 0 Å². The van der Waals surface area contributed by atoms with Crippen molar-refractivity contribution in [2.45, 2.75) is 51.6 Å². The number of amides is 2. The average Bonchev–Trinajstić information content (AvgIpc) is 3.23. The Morgan fingerprint density at radius 1 is 1.33 bits per heavy atom. The molecule has 2 atom stereocenters. The zero-order valence-electron chi connectivity index (χ0n) is 17.7. The number of hydrogen-bond donors (Lipinski definition) is 0. The molecule has 7 nitrogen and oxygen atoms in total. The summed E-state index contributed by atoms with van der Waals surface area (Å²) < 4.78 is 2.08. The quantitative estimate of drug-likeness (QED) is 0.764. The van der Waals surface area contributed by atoms with Crippen LogP contribution < -0.4 is 0 Å². The van der Waals surface area contributed by atoms with E-state index in [0.717, 1.165) is 30.5 Å². The third kappa shape index (κ3) is 3.20. The van der Waals surface area contributed by atoms with E-state index in [-0.39, 0.29) is 23.7 Å². The summed E-state index contributed by atoms with van der Waals surface area (Å²) in [6, 6.07) is 4.22. The van der Waals surface area contributed by atoms with Gasteiger partial charge < -0.3 is 14.4 Å². The average molecular weight is 408 g/mol. The molecule has 2 aromatic heterocycles. The number of carbonyl (C=O) groups excluding carboxylic acids is 2. The van der Waals surface area contributed by atoms with Crippen LogP contribution in [-0.4, -0.2) is 55.8 Å². The number of nitrogens with zero attached hydrogens (tertiary/aromatic N) is 5. The number of aromatic nitrogens is 3. The van der Waals surface area contributed by atoms with Gasteiger partial charge in [-0.05, 0) is 44.7 Å². The monoisotopic (exact) mass is 407 g/mol. The Morgan fingerprint density at radius 2 is 2.17 bits per heavy atom. The summed E-state index contributed by atoms with van der Waals surface area (Å²) in [6.45, 7) is 6.63. The molecule has 2 amide bonds. The van der Waals surface area contributed by atoms with Gasteiger partial charge in [-0.1, -0.05) is 6.07 Å². The summed E-state index contributed by atoms with van der Waals surface area (Å²) in [6.07, 6.45) is 10.2. The fraction of sp³-hybridized carbons (Fsp3) is 0.565. The summed E-state index contributed by atoms with van der Waals surface area (Å²) in [5, 5.41) is 0. The molecule has 0 unspecified atom stereocenters. The second kappa shape index (κ2) is 7.22. The van der Waals surface area contributed by atoms with Crippen molar-refractivity contribution in [3.8, 4) is 0 Å². The Bertz CT molecular complexity index is 952. The van der Waals surface area contributed by atoms with Crippen LogP contribution in [0.3, 0.4) is 0 Å². The number of pyridine rings is 1. The first-order valence-electron chi connectivity index (χ1n) is 11.0. The van der Waals surface area contributed by atoms with Gasteiger partial charge in [0.2, 0.25) is 11.8 Å². The Kier molecular flexibility index (Phi) is 4.64. The largest absolute Gasteiger partial charge is 0.341 e. The molecule has 2 saturated heterocycles. The smallest absolute Gasteiger partial charge is 0.231 e. The molecule has 0 bridgehead atoms. The van der Waals surface area contributed by atoms with Crippen molar-refractivity contribution in [3.05, 3.63) is 48.3 Å². The maximum absolute atomic E-state index is 13.7. The maximum atomic E-state index is 13.7. The Morgan fingerprint density at radius 3 is 2.83 bits per heavy atom. The number of hydrogen-bond acceptors (Lipinski definition) is 4. The SMILES string of the molecule is CC(C)n1cnc([C@H]2CN(C(=O)C3CC3)C[C@@]23CCN(Cc2cccnc2)C3=O)c1. The first-order chi connectivity index (χ1) is 14.5. The molecular formula is C23H29N5O2. The van der Waals surface area contributed by atoms with Gasteiger partial charge in [0.25, 0.3) is 0 Å². The summed E-state index contributed by atoms with van der Waals surface area (Å²) in [5.41, 5.74) is 1.40. The van der Waals surface area contributed by atoms with Crippen molar-refractivity contribution in [3.63, 3.8) is 0 Å². The fourth-order valence-corrected chi connectivity index (χ4v) is 5.05. The number of carbonyl (C=O) groups is 2. The minimum atomic E-state index is -0.567. The molecule has 7 heteroatoms. The minimum Gasteiger partial charge on any atom is -0.341 e. The van der Waals surface area contributed by atoms with Crippen LogP contribution in [0.2, 0.25) is 0 Å². The van der Waals surface area contributed by atoms with Crippen LogP contribution in [-0.2, 0) is 16.1 Å². The van der Waals surface area contributed by atoms with Crippen molar-refractivity contribution in [2.75, 3.05) is 19.6 Å². The lowest BCUT2D eigenvalue weighted by Crippen LogP contribution is -2.40. The first-order valence-corrected chi connectivity index (χ1v) is 11.0. The normalized spacial score (nSPS) is 26.4. The number of likely N-dealkylation sites (tertiary alicyclic amines) is 2. The Hall–Kier alpha value is -2.70. The molecule has 2 aromatic rings. The van der Waals surface area contributed by atoms with Crippen molar-refractivity contribution in [2.24, 2.45) is 11.3 Å². The molecule has 5 rings (SSSR count). The van der Waals surface area contributed by atoms with E-state index < -0.39 is 5.41 Å². The number of imidazole rings is 1. The van der Waals surface area contributed by atoms with E-state index in [1.54, 1.807) is 6.20 Å². The van der Waals surface area contributed by atoms with Crippen LogP contribution in [0.15, 0.2) is 37.1 Å². The van der Waals surface area contributed by atoms with Crippen molar-refractivity contribution < 1.29 is 9.59 Å². The first kappa shape index (κ1) is 19.3. The van der Waals surface area contributed by atoms with E-state index in [1.807, 2.05) is 34.5 Å². The molecule has 3 aliphatic rings. The van der Waals surface area contributed by atoms with Crippen molar-refractivity contribution in [1.82, 2.24) is 24.3 Å². The molecular weight excluding hydrogens is 378 g/mol. The summed E-state index contributed by atoms with van der Waals surface area (Å²) in [5.74, 6) is 0.490. The third-order valence-corrected chi connectivity index (χ3v) is 6.99. The Balaban J connectivity index is 1.44. The topological polar surface area (TPSA) is 71.3 Å². The van der Waals surface area contributed by atoms with Crippen LogP contribution in [0.5, 0.6) is 0 Å². The van der Waals surface area contributed by atoms with Gasteiger partial charge in [0.1, 0.15) is 0 Å². The lowest BCUT2D eigenvalue weighted by atomic mass is 9.75. The van der Waals surface area contributed by atoms with E-state index in [1.165, 1.54) is 0 Å². The molecule has 4 heterocycles. The zero-order chi connectivity index (χ0) is 20.9. The highest BCUT2D eigenvalue weighted by molar-refractivity contribution is 5.89. The molecule has 30 heavy (non-hydrogen) atoms. The van der Waals surface area contributed by atoms with Gasteiger partial charge in [0.05, 0.1) is 17.4 Å². The van der Waals surface area contributed by atoms with Gasteiger partial charge in [0.15, 0.2) is 0 Å². The molecule has 3 fully saturated rings. The zero-order valence-corrected chi connectivity index (χ0v) is 17.7. The highest BCUT2D eigenvalue weighted by atomic mass is 16.2. The maximum Gasteiger partial charge on any atom is 0.231 e. The second-order valence-corrected chi connectivity index (χ2v) is 9.38. The van der Waals surface area contributed by atoms with E-state index in [4.69, 9.17) is 0 Å². The van der Waals surface area contributed by atoms with Gasteiger partial charge in [0, 0.05) is 62.6 Å². The fourth-order valence-electron chi connectivity index (χ4n) is 5.05. The van der Waals surface area contributed by atoms with Crippen LogP contribution in [0.1, 0.15) is 56.3 Å². The predicted molar refractivity (Wildman–Crippen MR) is 111 cm³/mol. The molecule has 1 saturated carbocycles. The summed E-state index contributed by atoms with van der Waals surface area (Å²) in [7, 11) is 0. The minimum absolute atomic E-state index is 0.0494. The summed E-state index contributed by atoms with van der Waals surface area (Å²) in [4.78, 5) is 39.4. The van der Waals surface area contributed by atoms with E-state index >= 15 is 0 Å². The van der Waals surface area contributed by atoms with Gasteiger partial charge in [-0.3, -0.25) is 14.6 Å².